The van der Waals surface area contributed by atoms with Gasteiger partial charge in [0.05, 0.1) is 7.05 Å². The third kappa shape index (κ3) is 7.46. The number of rotatable bonds is 6. The maximum atomic E-state index is 11.8. The summed E-state index contributed by atoms with van der Waals surface area (Å²) in [6.07, 6.45) is 0. The highest BCUT2D eigenvalue weighted by Gasteiger charge is 2.13. The number of benzene rings is 1. The topological polar surface area (TPSA) is 62.6 Å². The smallest absolute Gasteiger partial charge is 0.321 e. The van der Waals surface area contributed by atoms with Gasteiger partial charge in [0.2, 0.25) is 0 Å². The first kappa shape index (κ1) is 17.2. The van der Waals surface area contributed by atoms with Gasteiger partial charge < -0.3 is 10.2 Å². The summed E-state index contributed by atoms with van der Waals surface area (Å²) in [6.45, 7) is 7.63. The number of carbonyl (C=O) groups excluding carboxylic acids is 2. The van der Waals surface area contributed by atoms with Gasteiger partial charge in [0, 0.05) is 12.1 Å². The largest absolute Gasteiger partial charge is 0.338 e. The van der Waals surface area contributed by atoms with Crippen LogP contribution in [0.2, 0.25) is 0 Å². The van der Waals surface area contributed by atoms with Gasteiger partial charge >= 0.3 is 6.03 Å². The molecule has 0 heterocycles. The zero-order chi connectivity index (χ0) is 15.8. The molecule has 0 saturated carbocycles. The van der Waals surface area contributed by atoms with E-state index in [-0.39, 0.29) is 12.5 Å². The number of nitrogens with one attached hydrogen (secondary N) is 3. The lowest BCUT2D eigenvalue weighted by molar-refractivity contribution is -0.885. The zero-order valence-corrected chi connectivity index (χ0v) is 13.3. The minimum Gasteiger partial charge on any atom is -0.338 e. The monoisotopic (exact) mass is 292 g/mol. The summed E-state index contributed by atoms with van der Waals surface area (Å²) in [5, 5.41) is 5.01. The first-order valence-electron chi connectivity index (χ1n) is 7.31. The van der Waals surface area contributed by atoms with Crippen molar-refractivity contribution in [2.45, 2.75) is 27.3 Å². The highest BCUT2D eigenvalue weighted by molar-refractivity contribution is 5.94. The predicted molar refractivity (Wildman–Crippen MR) is 83.0 cm³/mol. The third-order valence-electron chi connectivity index (χ3n) is 3.01. The number of urea groups is 1. The number of imide groups is 1. The van der Waals surface area contributed by atoms with Crippen LogP contribution < -0.4 is 15.5 Å². The van der Waals surface area contributed by atoms with Crippen molar-refractivity contribution in [2.24, 2.45) is 5.92 Å². The van der Waals surface area contributed by atoms with E-state index in [2.05, 4.69) is 34.9 Å². The van der Waals surface area contributed by atoms with Crippen LogP contribution in [0.5, 0.6) is 0 Å². The molecule has 1 unspecified atom stereocenters. The molecule has 3 amide bonds. The zero-order valence-electron chi connectivity index (χ0n) is 13.3. The number of quaternary nitrogens is 1. The summed E-state index contributed by atoms with van der Waals surface area (Å²) in [6, 6.07) is 7.82. The Morgan fingerprint density at radius 2 is 1.81 bits per heavy atom. The molecule has 0 aliphatic rings. The van der Waals surface area contributed by atoms with Crippen LogP contribution in [-0.2, 0) is 11.3 Å². The van der Waals surface area contributed by atoms with E-state index >= 15 is 0 Å². The van der Waals surface area contributed by atoms with Crippen molar-refractivity contribution in [1.82, 2.24) is 10.6 Å². The summed E-state index contributed by atoms with van der Waals surface area (Å²) in [5.41, 5.74) is 2.39. The van der Waals surface area contributed by atoms with E-state index < -0.39 is 6.03 Å². The molecule has 3 N–H and O–H groups in total. The van der Waals surface area contributed by atoms with Crippen LogP contribution in [0.15, 0.2) is 24.3 Å². The molecule has 5 heteroatoms. The Balaban J connectivity index is 2.33. The molecule has 0 aliphatic carbocycles. The van der Waals surface area contributed by atoms with Crippen LogP contribution in [0.4, 0.5) is 4.79 Å². The molecule has 0 radical (unpaired) electrons. The summed E-state index contributed by atoms with van der Waals surface area (Å²) < 4.78 is 0. The standard InChI is InChI=1S/C16H25N3O2/c1-12(2)9-17-16(21)18-15(20)11-19(4)10-14-7-5-13(3)6-8-14/h5-8,12H,9-11H2,1-4H3,(H2,17,18,20,21)/p+1. The van der Waals surface area contributed by atoms with Crippen molar-refractivity contribution in [3.05, 3.63) is 35.4 Å². The van der Waals surface area contributed by atoms with Crippen LogP contribution in [0, 0.1) is 12.8 Å². The molecule has 1 atom stereocenters. The van der Waals surface area contributed by atoms with E-state index in [1.54, 1.807) is 0 Å². The van der Waals surface area contributed by atoms with Crippen LogP contribution in [0.25, 0.3) is 0 Å². The minimum atomic E-state index is -0.420. The second-order valence-corrected chi connectivity index (χ2v) is 5.95. The lowest BCUT2D eigenvalue weighted by Crippen LogP contribution is -3.09. The first-order valence-corrected chi connectivity index (χ1v) is 7.31. The highest BCUT2D eigenvalue weighted by atomic mass is 16.2. The Kier molecular flexibility index (Phi) is 6.88. The van der Waals surface area contributed by atoms with Crippen LogP contribution >= 0.6 is 0 Å². The number of hydrogen-bond donors (Lipinski definition) is 3. The fraction of sp³-hybridized carbons (Fsp3) is 0.500. The van der Waals surface area contributed by atoms with Crippen molar-refractivity contribution in [2.75, 3.05) is 20.1 Å². The van der Waals surface area contributed by atoms with E-state index in [1.807, 2.05) is 27.8 Å². The molecule has 0 bridgehead atoms. The van der Waals surface area contributed by atoms with Gasteiger partial charge in [-0.25, -0.2) is 4.79 Å². The predicted octanol–water partition coefficient (Wildman–Crippen LogP) is 0.492. The van der Waals surface area contributed by atoms with Gasteiger partial charge in [-0.15, -0.1) is 0 Å². The van der Waals surface area contributed by atoms with Crippen LogP contribution in [-0.4, -0.2) is 32.1 Å². The van der Waals surface area contributed by atoms with Crippen molar-refractivity contribution < 1.29 is 14.5 Å². The molecule has 21 heavy (non-hydrogen) atoms. The molecule has 0 saturated heterocycles. The quantitative estimate of drug-likeness (QED) is 0.714. The second kappa shape index (κ2) is 8.42. The van der Waals surface area contributed by atoms with Crippen molar-refractivity contribution in [1.29, 1.82) is 0 Å². The van der Waals surface area contributed by atoms with Gasteiger partial charge in [0.25, 0.3) is 5.91 Å². The van der Waals surface area contributed by atoms with Crippen molar-refractivity contribution in [3.63, 3.8) is 0 Å². The molecule has 1 aromatic carbocycles. The molecule has 1 rings (SSSR count). The summed E-state index contributed by atoms with van der Waals surface area (Å²) in [4.78, 5) is 24.3. The van der Waals surface area contributed by atoms with Gasteiger partial charge in [0.1, 0.15) is 6.54 Å². The highest BCUT2D eigenvalue weighted by Crippen LogP contribution is 2.00. The fourth-order valence-electron chi connectivity index (χ4n) is 1.90. The second-order valence-electron chi connectivity index (χ2n) is 5.95. The van der Waals surface area contributed by atoms with Crippen LogP contribution in [0.1, 0.15) is 25.0 Å². The third-order valence-corrected chi connectivity index (χ3v) is 3.01. The molecule has 0 aromatic heterocycles. The Hall–Kier alpha value is -1.88. The number of likely N-dealkylation sites (N-methyl/N-ethyl adjacent to an activating group) is 1. The average Bonchev–Trinajstić information content (AvgIpc) is 2.38. The van der Waals surface area contributed by atoms with Gasteiger partial charge in [0.15, 0.2) is 6.54 Å². The Bertz CT molecular complexity index is 469. The fourth-order valence-corrected chi connectivity index (χ4v) is 1.90. The van der Waals surface area contributed by atoms with E-state index in [1.165, 1.54) is 11.1 Å². The lowest BCUT2D eigenvalue weighted by atomic mass is 10.1. The van der Waals surface area contributed by atoms with Crippen molar-refractivity contribution in [3.8, 4) is 0 Å². The number of aryl methyl sites for hydroxylation is 1. The van der Waals surface area contributed by atoms with E-state index in [4.69, 9.17) is 0 Å². The summed E-state index contributed by atoms with van der Waals surface area (Å²) in [5.74, 6) is 0.0987. The Morgan fingerprint density at radius 3 is 2.38 bits per heavy atom. The number of hydrogen-bond acceptors (Lipinski definition) is 2. The van der Waals surface area contributed by atoms with E-state index in [9.17, 15) is 9.59 Å². The number of amides is 3. The number of carbonyl (C=O) groups is 2. The SMILES string of the molecule is Cc1ccc(C[NH+](C)CC(=O)NC(=O)NCC(C)C)cc1. The normalized spacial score (nSPS) is 12.0. The Labute approximate surface area is 126 Å². The van der Waals surface area contributed by atoms with E-state index in [0.717, 1.165) is 11.4 Å². The maximum Gasteiger partial charge on any atom is 0.321 e. The average molecular weight is 292 g/mol. The molecule has 0 aliphatic heterocycles. The molecule has 5 nitrogen and oxygen atoms in total. The molecule has 1 aromatic rings. The van der Waals surface area contributed by atoms with Gasteiger partial charge in [-0.2, -0.15) is 0 Å². The minimum absolute atomic E-state index is 0.263. The van der Waals surface area contributed by atoms with Gasteiger partial charge in [-0.3, -0.25) is 10.1 Å². The molecule has 0 fully saturated rings. The molecular weight excluding hydrogens is 266 g/mol. The van der Waals surface area contributed by atoms with Gasteiger partial charge in [-0.1, -0.05) is 43.7 Å². The van der Waals surface area contributed by atoms with Crippen LogP contribution in [0.3, 0.4) is 0 Å². The van der Waals surface area contributed by atoms with E-state index in [0.29, 0.717) is 12.5 Å². The lowest BCUT2D eigenvalue weighted by Gasteiger charge is -2.14. The maximum absolute atomic E-state index is 11.8. The summed E-state index contributed by atoms with van der Waals surface area (Å²) >= 11 is 0. The summed E-state index contributed by atoms with van der Waals surface area (Å²) in [7, 11) is 1.94. The van der Waals surface area contributed by atoms with Crippen molar-refractivity contribution >= 4 is 11.9 Å². The first-order chi connectivity index (χ1) is 9.86. The van der Waals surface area contributed by atoms with Gasteiger partial charge in [-0.05, 0) is 12.8 Å². The molecule has 0 spiro atoms. The molecular formula is C16H26N3O2+. The molecule has 116 valence electrons. The Morgan fingerprint density at radius 1 is 1.19 bits per heavy atom.